The summed E-state index contributed by atoms with van der Waals surface area (Å²) < 4.78 is 133. The lowest BCUT2D eigenvalue weighted by atomic mass is 9.88. The van der Waals surface area contributed by atoms with E-state index in [0.29, 0.717) is 18.2 Å². The van der Waals surface area contributed by atoms with Crippen molar-refractivity contribution in [1.29, 1.82) is 0 Å². The first kappa shape index (κ1) is 30.0. The fraction of sp³-hybridized carbons (Fsp3) is 0.308. The van der Waals surface area contributed by atoms with Gasteiger partial charge in [0, 0.05) is 18.5 Å². The predicted molar refractivity (Wildman–Crippen MR) is 130 cm³/mol. The van der Waals surface area contributed by atoms with Gasteiger partial charge in [-0.2, -0.15) is 31.4 Å². The van der Waals surface area contributed by atoms with E-state index < -0.39 is 74.8 Å². The molecule has 41 heavy (non-hydrogen) atoms. The zero-order valence-electron chi connectivity index (χ0n) is 20.9. The highest BCUT2D eigenvalue weighted by Crippen LogP contribution is 2.43. The third-order valence-corrected chi connectivity index (χ3v) is 6.94. The standard InChI is InChI=1S/C26H19F8N3O3S/c1-41(39,40)14-36-13-15(12-35-36)3-2-8-37-23-11-22(28)21(27)9-16(23)4-6-19(24(37)38)18-7-5-17(25(29,30)31)10-20(18)26(32,33)34/h5,7,9-13,19H,4,6,8,14H2,1H3. The first-order valence-corrected chi connectivity index (χ1v) is 13.8. The van der Waals surface area contributed by atoms with E-state index in [4.69, 9.17) is 0 Å². The SMILES string of the molecule is CS(=O)(=O)Cn1cc(C#CCN2C(=O)C(c3ccc(C(F)(F)F)cc3C(F)(F)F)CCc3cc(F)c(F)cc32)cn1. The molecule has 0 radical (unpaired) electrons. The first-order valence-electron chi connectivity index (χ1n) is 11.7. The topological polar surface area (TPSA) is 72.3 Å². The zero-order valence-corrected chi connectivity index (χ0v) is 21.8. The Morgan fingerprint density at radius 2 is 1.71 bits per heavy atom. The van der Waals surface area contributed by atoms with Crippen LogP contribution in [0.4, 0.5) is 40.8 Å². The van der Waals surface area contributed by atoms with Crippen LogP contribution in [0.5, 0.6) is 0 Å². The molecule has 218 valence electrons. The van der Waals surface area contributed by atoms with Gasteiger partial charge in [-0.3, -0.25) is 14.4 Å². The smallest absolute Gasteiger partial charge is 0.300 e. The van der Waals surface area contributed by atoms with Crippen molar-refractivity contribution in [3.8, 4) is 11.8 Å². The van der Waals surface area contributed by atoms with Crippen LogP contribution in [0.2, 0.25) is 0 Å². The van der Waals surface area contributed by atoms with Gasteiger partial charge in [0.1, 0.15) is 5.88 Å². The average molecular weight is 606 g/mol. The van der Waals surface area contributed by atoms with Crippen LogP contribution in [0.15, 0.2) is 42.7 Å². The molecule has 15 heteroatoms. The monoisotopic (exact) mass is 605 g/mol. The molecule has 2 aromatic carbocycles. The largest absolute Gasteiger partial charge is 0.416 e. The van der Waals surface area contributed by atoms with Crippen molar-refractivity contribution >= 4 is 21.4 Å². The molecule has 3 aromatic rings. The molecule has 6 nitrogen and oxygen atoms in total. The third kappa shape index (κ3) is 6.87. The van der Waals surface area contributed by atoms with Crippen molar-refractivity contribution < 1.29 is 48.3 Å². The summed E-state index contributed by atoms with van der Waals surface area (Å²) in [5.41, 5.74) is -3.77. The summed E-state index contributed by atoms with van der Waals surface area (Å²) in [7, 11) is -3.42. The van der Waals surface area contributed by atoms with E-state index in [1.54, 1.807) is 0 Å². The third-order valence-electron chi connectivity index (χ3n) is 6.21. The van der Waals surface area contributed by atoms with Gasteiger partial charge in [-0.25, -0.2) is 17.2 Å². The number of anilines is 1. The Morgan fingerprint density at radius 3 is 2.34 bits per heavy atom. The molecule has 1 unspecified atom stereocenters. The number of hydrogen-bond acceptors (Lipinski definition) is 4. The minimum absolute atomic E-state index is 0.0711. The van der Waals surface area contributed by atoms with Crippen LogP contribution in [-0.4, -0.2) is 36.9 Å². The maximum Gasteiger partial charge on any atom is 0.416 e. The molecule has 0 spiro atoms. The molecule has 2 heterocycles. The van der Waals surface area contributed by atoms with Crippen molar-refractivity contribution in [3.63, 3.8) is 0 Å². The summed E-state index contributed by atoms with van der Waals surface area (Å²) in [6.07, 6.45) is -7.34. The number of fused-ring (bicyclic) bond motifs is 1. The molecule has 1 aromatic heterocycles. The quantitative estimate of drug-likeness (QED) is 0.299. The number of amides is 1. The number of aromatic nitrogens is 2. The first-order chi connectivity index (χ1) is 18.9. The Hall–Kier alpha value is -3.93. The zero-order chi connectivity index (χ0) is 30.3. The number of nitrogens with zero attached hydrogens (tertiary/aromatic N) is 3. The summed E-state index contributed by atoms with van der Waals surface area (Å²) in [6, 6.07) is 2.46. The Kier molecular flexibility index (Phi) is 7.92. The molecule has 0 aliphatic carbocycles. The second kappa shape index (κ2) is 10.8. The van der Waals surface area contributed by atoms with Crippen LogP contribution >= 0.6 is 0 Å². The summed E-state index contributed by atoms with van der Waals surface area (Å²) in [4.78, 5) is 14.5. The van der Waals surface area contributed by atoms with Gasteiger partial charge in [0.05, 0.1) is 41.0 Å². The van der Waals surface area contributed by atoms with Gasteiger partial charge in [0.15, 0.2) is 21.5 Å². The van der Waals surface area contributed by atoms with Gasteiger partial charge < -0.3 is 0 Å². The molecule has 0 saturated heterocycles. The predicted octanol–water partition coefficient (Wildman–Crippen LogP) is 5.32. The van der Waals surface area contributed by atoms with Crippen LogP contribution in [0.3, 0.4) is 0 Å². The number of alkyl halides is 6. The van der Waals surface area contributed by atoms with Crippen LogP contribution < -0.4 is 4.90 Å². The van der Waals surface area contributed by atoms with Gasteiger partial charge in [-0.05, 0) is 42.2 Å². The van der Waals surface area contributed by atoms with Gasteiger partial charge >= 0.3 is 12.4 Å². The van der Waals surface area contributed by atoms with Crippen LogP contribution in [-0.2, 0) is 39.3 Å². The number of rotatable bonds is 4. The summed E-state index contributed by atoms with van der Waals surface area (Å²) in [6.45, 7) is -0.521. The normalized spacial score (nSPS) is 16.2. The molecule has 0 saturated carbocycles. The summed E-state index contributed by atoms with van der Waals surface area (Å²) in [5, 5.41) is 3.84. The van der Waals surface area contributed by atoms with Gasteiger partial charge in [0.2, 0.25) is 5.91 Å². The van der Waals surface area contributed by atoms with Crippen LogP contribution in [0.25, 0.3) is 0 Å². The molecule has 1 amide bonds. The molecule has 0 N–H and O–H groups in total. The molecule has 0 fully saturated rings. The van der Waals surface area contributed by atoms with Crippen LogP contribution in [0.1, 0.15) is 40.2 Å². The van der Waals surface area contributed by atoms with E-state index in [0.717, 1.165) is 21.9 Å². The average Bonchev–Trinajstić information content (AvgIpc) is 3.23. The lowest BCUT2D eigenvalue weighted by molar-refractivity contribution is -0.143. The highest BCUT2D eigenvalue weighted by atomic mass is 32.2. The summed E-state index contributed by atoms with van der Waals surface area (Å²) in [5.74, 6) is -0.453. The highest BCUT2D eigenvalue weighted by Gasteiger charge is 2.42. The number of sulfone groups is 1. The van der Waals surface area contributed by atoms with Crippen molar-refractivity contribution in [3.05, 3.63) is 82.2 Å². The van der Waals surface area contributed by atoms with E-state index in [2.05, 4.69) is 16.9 Å². The van der Waals surface area contributed by atoms with Crippen molar-refractivity contribution in [2.75, 3.05) is 17.7 Å². The van der Waals surface area contributed by atoms with Crippen molar-refractivity contribution in [1.82, 2.24) is 9.78 Å². The maximum absolute atomic E-state index is 14.2. The lowest BCUT2D eigenvalue weighted by Gasteiger charge is -2.26. The summed E-state index contributed by atoms with van der Waals surface area (Å²) >= 11 is 0. The fourth-order valence-electron chi connectivity index (χ4n) is 4.45. The minimum Gasteiger partial charge on any atom is -0.300 e. The molecule has 1 atom stereocenters. The van der Waals surface area contributed by atoms with E-state index in [1.807, 2.05) is 0 Å². The Morgan fingerprint density at radius 1 is 1.02 bits per heavy atom. The number of benzene rings is 2. The molecular weight excluding hydrogens is 586 g/mol. The van der Waals surface area contributed by atoms with E-state index >= 15 is 0 Å². The van der Waals surface area contributed by atoms with Crippen LogP contribution in [0, 0.1) is 23.5 Å². The molecule has 0 bridgehead atoms. The van der Waals surface area contributed by atoms with E-state index in [9.17, 15) is 48.3 Å². The second-order valence-corrected chi connectivity index (χ2v) is 11.4. The lowest BCUT2D eigenvalue weighted by Crippen LogP contribution is -2.35. The van der Waals surface area contributed by atoms with E-state index in [1.165, 1.54) is 12.4 Å². The molecule has 1 aliphatic rings. The number of carbonyl (C=O) groups excluding carboxylic acids is 1. The van der Waals surface area contributed by atoms with E-state index in [-0.39, 0.29) is 35.7 Å². The second-order valence-electron chi connectivity index (χ2n) is 9.33. The molecular formula is C26H19F8N3O3S. The Balaban J connectivity index is 1.75. The minimum atomic E-state index is -5.25. The highest BCUT2D eigenvalue weighted by molar-refractivity contribution is 7.89. The fourth-order valence-corrected chi connectivity index (χ4v) is 5.07. The maximum atomic E-state index is 14.2. The number of carbonyl (C=O) groups is 1. The number of aryl methyl sites for hydroxylation is 1. The number of hydrogen-bond donors (Lipinski definition) is 0. The molecule has 1 aliphatic heterocycles. The van der Waals surface area contributed by atoms with Gasteiger partial charge in [-0.1, -0.05) is 17.9 Å². The van der Waals surface area contributed by atoms with Gasteiger partial charge in [-0.15, -0.1) is 0 Å². The van der Waals surface area contributed by atoms with Crippen molar-refractivity contribution in [2.45, 2.75) is 37.0 Å². The Labute approximate surface area is 228 Å². The Bertz CT molecular complexity index is 1670. The molecule has 4 rings (SSSR count). The van der Waals surface area contributed by atoms with Crippen molar-refractivity contribution in [2.24, 2.45) is 0 Å². The van der Waals surface area contributed by atoms with Gasteiger partial charge in [0.25, 0.3) is 0 Å². The number of halogens is 8.